The van der Waals surface area contributed by atoms with Crippen molar-refractivity contribution in [2.24, 2.45) is 0 Å². The fraction of sp³-hybridized carbons (Fsp3) is 0.700. The molecule has 2 N–H and O–H groups in total. The molecule has 92 valence electrons. The van der Waals surface area contributed by atoms with Crippen molar-refractivity contribution in [2.45, 2.75) is 33.2 Å². The summed E-state index contributed by atoms with van der Waals surface area (Å²) in [4.78, 5) is 34.7. The summed E-state index contributed by atoms with van der Waals surface area (Å²) < 4.78 is 0. The van der Waals surface area contributed by atoms with Crippen LogP contribution in [0.1, 0.15) is 27.2 Å². The zero-order valence-corrected chi connectivity index (χ0v) is 9.82. The Kier molecular flexibility index (Phi) is 6.14. The van der Waals surface area contributed by atoms with Crippen molar-refractivity contribution in [2.75, 3.05) is 13.1 Å². The number of aliphatic carboxylic acids is 1. The second-order valence-electron chi connectivity index (χ2n) is 3.36. The first-order chi connectivity index (χ1) is 7.42. The highest BCUT2D eigenvalue weighted by atomic mass is 16.4. The van der Waals surface area contributed by atoms with Crippen LogP contribution in [0.15, 0.2) is 0 Å². The van der Waals surface area contributed by atoms with Crippen LogP contribution < -0.4 is 5.32 Å². The number of carboxylic acid groups (broad SMARTS) is 1. The first kappa shape index (κ1) is 14.4. The average molecular weight is 230 g/mol. The Balaban J connectivity index is 4.44. The van der Waals surface area contributed by atoms with E-state index in [-0.39, 0.29) is 12.3 Å². The van der Waals surface area contributed by atoms with Gasteiger partial charge in [-0.05, 0) is 13.8 Å². The van der Waals surface area contributed by atoms with Gasteiger partial charge in [-0.15, -0.1) is 0 Å². The summed E-state index contributed by atoms with van der Waals surface area (Å²) in [6.07, 6.45) is -0.212. The van der Waals surface area contributed by atoms with Crippen molar-refractivity contribution < 1.29 is 19.5 Å². The summed E-state index contributed by atoms with van der Waals surface area (Å²) in [5.41, 5.74) is 0. The van der Waals surface area contributed by atoms with Gasteiger partial charge in [-0.2, -0.15) is 0 Å². The van der Waals surface area contributed by atoms with E-state index >= 15 is 0 Å². The molecule has 0 heterocycles. The minimum Gasteiger partial charge on any atom is -0.480 e. The van der Waals surface area contributed by atoms with Crippen molar-refractivity contribution >= 4 is 17.8 Å². The molecule has 0 aromatic heterocycles. The molecule has 6 nitrogen and oxygen atoms in total. The number of carbonyl (C=O) groups excluding carboxylic acids is 2. The van der Waals surface area contributed by atoms with Gasteiger partial charge in [0.05, 0.1) is 6.42 Å². The smallest absolute Gasteiger partial charge is 0.326 e. The second-order valence-corrected chi connectivity index (χ2v) is 3.36. The van der Waals surface area contributed by atoms with Crippen molar-refractivity contribution in [3.05, 3.63) is 0 Å². The molecule has 0 rings (SSSR count). The molecule has 16 heavy (non-hydrogen) atoms. The van der Waals surface area contributed by atoms with Gasteiger partial charge in [0.25, 0.3) is 0 Å². The van der Waals surface area contributed by atoms with Crippen LogP contribution in [0.5, 0.6) is 0 Å². The summed E-state index contributed by atoms with van der Waals surface area (Å²) in [7, 11) is 0. The summed E-state index contributed by atoms with van der Waals surface area (Å²) in [5.74, 6) is -1.93. The average Bonchev–Trinajstić information content (AvgIpc) is 2.17. The molecule has 0 bridgehead atoms. The Morgan fingerprint density at radius 1 is 1.25 bits per heavy atom. The summed E-state index contributed by atoms with van der Waals surface area (Å²) >= 11 is 0. The number of carboxylic acids is 1. The zero-order valence-electron chi connectivity index (χ0n) is 9.82. The second kappa shape index (κ2) is 6.81. The zero-order chi connectivity index (χ0) is 12.7. The highest BCUT2D eigenvalue weighted by Crippen LogP contribution is 1.99. The Labute approximate surface area is 94.6 Å². The van der Waals surface area contributed by atoms with Gasteiger partial charge >= 0.3 is 5.97 Å². The molecule has 6 heteroatoms. The molecule has 0 aliphatic carbocycles. The number of carbonyl (C=O) groups is 3. The fourth-order valence-corrected chi connectivity index (χ4v) is 1.33. The third-order valence-electron chi connectivity index (χ3n) is 2.17. The minimum absolute atomic E-state index is 0.212. The molecule has 0 saturated heterocycles. The molecule has 0 spiro atoms. The third kappa shape index (κ3) is 4.77. The van der Waals surface area contributed by atoms with E-state index in [9.17, 15) is 14.4 Å². The lowest BCUT2D eigenvalue weighted by Gasteiger charge is -2.21. The third-order valence-corrected chi connectivity index (χ3v) is 2.17. The Hall–Kier alpha value is -1.59. The largest absolute Gasteiger partial charge is 0.480 e. The quantitative estimate of drug-likeness (QED) is 0.663. The predicted molar refractivity (Wildman–Crippen MR) is 57.8 cm³/mol. The van der Waals surface area contributed by atoms with Crippen molar-refractivity contribution in [3.63, 3.8) is 0 Å². The van der Waals surface area contributed by atoms with Crippen LogP contribution in [0.2, 0.25) is 0 Å². The summed E-state index contributed by atoms with van der Waals surface area (Å²) in [6.45, 7) is 5.91. The van der Waals surface area contributed by atoms with E-state index in [1.165, 1.54) is 11.8 Å². The van der Waals surface area contributed by atoms with Gasteiger partial charge in [-0.25, -0.2) is 4.79 Å². The fourth-order valence-electron chi connectivity index (χ4n) is 1.33. The molecule has 1 unspecified atom stereocenters. The maximum atomic E-state index is 11.6. The van der Waals surface area contributed by atoms with Crippen molar-refractivity contribution in [1.82, 2.24) is 10.2 Å². The van der Waals surface area contributed by atoms with Crippen LogP contribution >= 0.6 is 0 Å². The van der Waals surface area contributed by atoms with Gasteiger partial charge in [0.1, 0.15) is 6.04 Å². The van der Waals surface area contributed by atoms with E-state index in [1.54, 1.807) is 0 Å². The lowest BCUT2D eigenvalue weighted by Crippen LogP contribution is -2.44. The van der Waals surface area contributed by atoms with Gasteiger partial charge in [-0.3, -0.25) is 9.59 Å². The first-order valence-corrected chi connectivity index (χ1v) is 5.20. The number of hydrogen-bond acceptors (Lipinski definition) is 3. The number of rotatable bonds is 6. The number of nitrogens with one attached hydrogen (secondary N) is 1. The standard InChI is InChI=1S/C10H18N2O4/c1-4-12(5-2)9(14)6-8(10(15)16)11-7(3)13/h8H,4-6H2,1-3H3,(H,11,13)(H,15,16). The molecule has 2 amide bonds. The van der Waals surface area contributed by atoms with Gasteiger partial charge in [0.15, 0.2) is 0 Å². The molecule has 0 aromatic rings. The number of amides is 2. The number of hydrogen-bond donors (Lipinski definition) is 2. The van der Waals surface area contributed by atoms with Crippen LogP contribution in [0.25, 0.3) is 0 Å². The minimum atomic E-state index is -1.20. The molecule has 0 radical (unpaired) electrons. The lowest BCUT2D eigenvalue weighted by atomic mass is 10.2. The SMILES string of the molecule is CCN(CC)C(=O)CC(NC(C)=O)C(=O)O. The Morgan fingerprint density at radius 2 is 1.75 bits per heavy atom. The van der Waals surface area contributed by atoms with E-state index in [1.807, 2.05) is 13.8 Å². The van der Waals surface area contributed by atoms with Gasteiger partial charge in [0.2, 0.25) is 11.8 Å². The monoisotopic (exact) mass is 230 g/mol. The maximum absolute atomic E-state index is 11.6. The van der Waals surface area contributed by atoms with Crippen LogP contribution in [-0.4, -0.2) is 46.9 Å². The normalized spacial score (nSPS) is 11.7. The van der Waals surface area contributed by atoms with Crippen molar-refractivity contribution in [1.29, 1.82) is 0 Å². The molecule has 1 atom stereocenters. The van der Waals surface area contributed by atoms with Crippen LogP contribution in [-0.2, 0) is 14.4 Å². The van der Waals surface area contributed by atoms with Gasteiger partial charge in [0, 0.05) is 20.0 Å². The lowest BCUT2D eigenvalue weighted by molar-refractivity contribution is -0.145. The van der Waals surface area contributed by atoms with E-state index < -0.39 is 17.9 Å². The summed E-state index contributed by atoms with van der Waals surface area (Å²) in [6, 6.07) is -1.15. The van der Waals surface area contributed by atoms with E-state index in [4.69, 9.17) is 5.11 Å². The highest BCUT2D eigenvalue weighted by Gasteiger charge is 2.23. The number of nitrogens with zero attached hydrogens (tertiary/aromatic N) is 1. The van der Waals surface area contributed by atoms with E-state index in [2.05, 4.69) is 5.32 Å². The summed E-state index contributed by atoms with van der Waals surface area (Å²) in [5, 5.41) is 11.0. The first-order valence-electron chi connectivity index (χ1n) is 5.20. The van der Waals surface area contributed by atoms with Gasteiger partial charge in [-0.1, -0.05) is 0 Å². The Morgan fingerprint density at radius 3 is 2.06 bits per heavy atom. The van der Waals surface area contributed by atoms with E-state index in [0.717, 1.165) is 0 Å². The molecular weight excluding hydrogens is 212 g/mol. The Bertz CT molecular complexity index is 274. The highest BCUT2D eigenvalue weighted by molar-refractivity contribution is 5.88. The van der Waals surface area contributed by atoms with Gasteiger partial charge < -0.3 is 15.3 Å². The molecular formula is C10H18N2O4. The van der Waals surface area contributed by atoms with E-state index in [0.29, 0.717) is 13.1 Å². The van der Waals surface area contributed by atoms with Crippen LogP contribution in [0.4, 0.5) is 0 Å². The van der Waals surface area contributed by atoms with Crippen LogP contribution in [0, 0.1) is 0 Å². The molecule has 0 saturated carbocycles. The molecule has 0 aliphatic heterocycles. The molecule has 0 aromatic carbocycles. The predicted octanol–water partition coefficient (Wildman–Crippen LogP) is -0.166. The van der Waals surface area contributed by atoms with Crippen LogP contribution in [0.3, 0.4) is 0 Å². The maximum Gasteiger partial charge on any atom is 0.326 e. The van der Waals surface area contributed by atoms with Crippen molar-refractivity contribution in [3.8, 4) is 0 Å². The molecule has 0 aliphatic rings. The molecule has 0 fully saturated rings. The topological polar surface area (TPSA) is 86.7 Å².